The summed E-state index contributed by atoms with van der Waals surface area (Å²) in [7, 11) is 0. The second-order valence-electron chi connectivity index (χ2n) is 6.66. The van der Waals surface area contributed by atoms with Crippen LogP contribution >= 0.6 is 11.6 Å². The third-order valence-electron chi connectivity index (χ3n) is 4.23. The topological polar surface area (TPSA) is 42.0 Å². The molecule has 1 aromatic heterocycles. The van der Waals surface area contributed by atoms with Gasteiger partial charge < -0.3 is 5.32 Å². The van der Waals surface area contributed by atoms with Crippen molar-refractivity contribution < 1.29 is 4.79 Å². The molecule has 1 amide bonds. The Kier molecular flexibility index (Phi) is 4.38. The van der Waals surface area contributed by atoms with Crippen molar-refractivity contribution in [1.29, 1.82) is 0 Å². The van der Waals surface area contributed by atoms with Crippen molar-refractivity contribution in [3.8, 4) is 0 Å². The van der Waals surface area contributed by atoms with E-state index in [1.54, 1.807) is 6.07 Å². The van der Waals surface area contributed by atoms with E-state index in [4.69, 9.17) is 11.6 Å². The molecule has 110 valence electrons. The largest absolute Gasteiger partial charge is 0.349 e. The highest BCUT2D eigenvalue weighted by Crippen LogP contribution is 2.37. The maximum Gasteiger partial charge on any atom is 0.251 e. The number of halogens is 1. The first-order valence-electron chi connectivity index (χ1n) is 7.28. The van der Waals surface area contributed by atoms with Crippen LogP contribution in [0.25, 0.3) is 0 Å². The van der Waals surface area contributed by atoms with Gasteiger partial charge in [0.25, 0.3) is 5.91 Å². The van der Waals surface area contributed by atoms with E-state index in [1.165, 1.54) is 6.42 Å². The standard InChI is InChI=1S/C16H23ClN2O/c1-10(2)12-8-11(9-14(17)18-12)15(20)19-13-6-5-7-16(13,3)4/h8-10,13H,5-7H2,1-4H3,(H,19,20). The van der Waals surface area contributed by atoms with Crippen LogP contribution in [0.1, 0.15) is 68.9 Å². The van der Waals surface area contributed by atoms with Crippen LogP contribution in [0.3, 0.4) is 0 Å². The Hall–Kier alpha value is -1.09. The van der Waals surface area contributed by atoms with E-state index < -0.39 is 0 Å². The monoisotopic (exact) mass is 294 g/mol. The first-order chi connectivity index (χ1) is 9.29. The van der Waals surface area contributed by atoms with Crippen molar-refractivity contribution in [2.24, 2.45) is 5.41 Å². The predicted octanol–water partition coefficient (Wildman–Crippen LogP) is 4.17. The predicted molar refractivity (Wildman–Crippen MR) is 82.2 cm³/mol. The van der Waals surface area contributed by atoms with Gasteiger partial charge in [-0.1, -0.05) is 45.7 Å². The van der Waals surface area contributed by atoms with Gasteiger partial charge in [0.05, 0.1) is 0 Å². The smallest absolute Gasteiger partial charge is 0.251 e. The summed E-state index contributed by atoms with van der Waals surface area (Å²) in [4.78, 5) is 16.7. The van der Waals surface area contributed by atoms with Crippen LogP contribution < -0.4 is 5.32 Å². The molecule has 1 N–H and O–H groups in total. The first kappa shape index (κ1) is 15.3. The van der Waals surface area contributed by atoms with E-state index in [0.29, 0.717) is 10.7 Å². The zero-order chi connectivity index (χ0) is 14.9. The van der Waals surface area contributed by atoms with Crippen LogP contribution in [0.15, 0.2) is 12.1 Å². The summed E-state index contributed by atoms with van der Waals surface area (Å²) in [5, 5.41) is 3.53. The molecule has 0 aromatic carbocycles. The van der Waals surface area contributed by atoms with Gasteiger partial charge in [0.15, 0.2) is 0 Å². The molecule has 0 saturated heterocycles. The van der Waals surface area contributed by atoms with Gasteiger partial charge in [-0.2, -0.15) is 0 Å². The number of aromatic nitrogens is 1. The molecule has 1 aromatic rings. The average Bonchev–Trinajstić information content (AvgIpc) is 2.68. The highest BCUT2D eigenvalue weighted by Gasteiger charge is 2.35. The molecule has 0 aliphatic heterocycles. The fraction of sp³-hybridized carbons (Fsp3) is 0.625. The molecule has 0 radical (unpaired) electrons. The molecular weight excluding hydrogens is 272 g/mol. The molecule has 3 nitrogen and oxygen atoms in total. The summed E-state index contributed by atoms with van der Waals surface area (Å²) in [6.45, 7) is 8.51. The lowest BCUT2D eigenvalue weighted by Crippen LogP contribution is -2.41. The van der Waals surface area contributed by atoms with Gasteiger partial charge in [0.2, 0.25) is 0 Å². The maximum atomic E-state index is 12.4. The minimum Gasteiger partial charge on any atom is -0.349 e. The molecule has 1 heterocycles. The third kappa shape index (κ3) is 3.32. The number of carbonyl (C=O) groups excluding carboxylic acids is 1. The van der Waals surface area contributed by atoms with Gasteiger partial charge in [0, 0.05) is 17.3 Å². The molecule has 4 heteroatoms. The lowest BCUT2D eigenvalue weighted by molar-refractivity contribution is 0.0910. The Labute approximate surface area is 126 Å². The van der Waals surface area contributed by atoms with E-state index in [0.717, 1.165) is 18.5 Å². The Bertz CT molecular complexity index is 511. The normalized spacial score (nSPS) is 21.2. The Balaban J connectivity index is 2.17. The van der Waals surface area contributed by atoms with E-state index in [2.05, 4.69) is 24.1 Å². The molecule has 1 aliphatic carbocycles. The number of nitrogens with zero attached hydrogens (tertiary/aromatic N) is 1. The quantitative estimate of drug-likeness (QED) is 0.850. The number of hydrogen-bond donors (Lipinski definition) is 1. The number of carbonyl (C=O) groups is 1. The average molecular weight is 295 g/mol. The molecule has 1 fully saturated rings. The summed E-state index contributed by atoms with van der Waals surface area (Å²) in [5.74, 6) is 0.208. The van der Waals surface area contributed by atoms with Gasteiger partial charge in [0.1, 0.15) is 5.15 Å². The Morgan fingerprint density at radius 3 is 2.70 bits per heavy atom. The molecule has 20 heavy (non-hydrogen) atoms. The number of rotatable bonds is 3. The van der Waals surface area contributed by atoms with Crippen LogP contribution in [-0.4, -0.2) is 16.9 Å². The number of pyridine rings is 1. The van der Waals surface area contributed by atoms with E-state index >= 15 is 0 Å². The summed E-state index contributed by atoms with van der Waals surface area (Å²) in [6.07, 6.45) is 3.38. The summed E-state index contributed by atoms with van der Waals surface area (Å²) < 4.78 is 0. The van der Waals surface area contributed by atoms with Crippen molar-refractivity contribution in [1.82, 2.24) is 10.3 Å². The van der Waals surface area contributed by atoms with Gasteiger partial charge in [-0.25, -0.2) is 4.98 Å². The van der Waals surface area contributed by atoms with E-state index in [1.807, 2.05) is 19.9 Å². The molecule has 1 aliphatic rings. The SMILES string of the molecule is CC(C)c1cc(C(=O)NC2CCCC2(C)C)cc(Cl)n1. The van der Waals surface area contributed by atoms with Gasteiger partial charge in [-0.15, -0.1) is 0 Å². The van der Waals surface area contributed by atoms with Gasteiger partial charge >= 0.3 is 0 Å². The first-order valence-corrected chi connectivity index (χ1v) is 7.66. The highest BCUT2D eigenvalue weighted by atomic mass is 35.5. The van der Waals surface area contributed by atoms with Crippen molar-refractivity contribution in [2.45, 2.75) is 58.9 Å². The molecular formula is C16H23ClN2O. The van der Waals surface area contributed by atoms with Crippen molar-refractivity contribution in [3.63, 3.8) is 0 Å². The van der Waals surface area contributed by atoms with Crippen molar-refractivity contribution in [3.05, 3.63) is 28.5 Å². The minimum atomic E-state index is -0.0452. The van der Waals surface area contributed by atoms with Crippen LogP contribution in [0.5, 0.6) is 0 Å². The summed E-state index contributed by atoms with van der Waals surface area (Å²) in [5.41, 5.74) is 1.64. The maximum absolute atomic E-state index is 12.4. The van der Waals surface area contributed by atoms with Crippen LogP contribution in [0.4, 0.5) is 0 Å². The lowest BCUT2D eigenvalue weighted by Gasteiger charge is -2.27. The van der Waals surface area contributed by atoms with Crippen molar-refractivity contribution in [2.75, 3.05) is 0 Å². The van der Waals surface area contributed by atoms with Gasteiger partial charge in [-0.3, -0.25) is 4.79 Å². The van der Waals surface area contributed by atoms with E-state index in [-0.39, 0.29) is 23.3 Å². The Morgan fingerprint density at radius 1 is 1.45 bits per heavy atom. The minimum absolute atomic E-state index is 0.0452. The second kappa shape index (κ2) is 5.72. The highest BCUT2D eigenvalue weighted by molar-refractivity contribution is 6.29. The number of nitrogens with one attached hydrogen (secondary N) is 1. The molecule has 1 atom stereocenters. The van der Waals surface area contributed by atoms with Crippen LogP contribution in [0.2, 0.25) is 5.15 Å². The lowest BCUT2D eigenvalue weighted by atomic mass is 9.87. The van der Waals surface area contributed by atoms with E-state index in [9.17, 15) is 4.79 Å². The molecule has 0 bridgehead atoms. The fourth-order valence-electron chi connectivity index (χ4n) is 2.78. The Morgan fingerprint density at radius 2 is 2.15 bits per heavy atom. The van der Waals surface area contributed by atoms with Gasteiger partial charge in [-0.05, 0) is 36.3 Å². The summed E-state index contributed by atoms with van der Waals surface area (Å²) in [6, 6.07) is 3.72. The molecule has 1 unspecified atom stereocenters. The third-order valence-corrected chi connectivity index (χ3v) is 4.42. The van der Waals surface area contributed by atoms with Crippen molar-refractivity contribution >= 4 is 17.5 Å². The summed E-state index contributed by atoms with van der Waals surface area (Å²) >= 11 is 6.02. The molecule has 1 saturated carbocycles. The zero-order valence-electron chi connectivity index (χ0n) is 12.7. The molecule has 2 rings (SSSR count). The van der Waals surface area contributed by atoms with Crippen LogP contribution in [0, 0.1) is 5.41 Å². The number of amides is 1. The second-order valence-corrected chi connectivity index (χ2v) is 7.05. The zero-order valence-corrected chi connectivity index (χ0v) is 13.4. The fourth-order valence-corrected chi connectivity index (χ4v) is 3.00. The van der Waals surface area contributed by atoms with Crippen LogP contribution in [-0.2, 0) is 0 Å². The number of hydrogen-bond acceptors (Lipinski definition) is 2. The molecule has 0 spiro atoms.